The van der Waals surface area contributed by atoms with Crippen molar-refractivity contribution in [3.63, 3.8) is 0 Å². The molecule has 4 nitrogen and oxygen atoms in total. The lowest BCUT2D eigenvalue weighted by molar-refractivity contribution is -0.135. The number of amides is 1. The normalized spacial score (nSPS) is 22.1. The summed E-state index contributed by atoms with van der Waals surface area (Å²) in [6.07, 6.45) is 0.919. The van der Waals surface area contributed by atoms with Gasteiger partial charge in [0.15, 0.2) is 6.61 Å². The standard InChI is InChI=1S/C15H20ClNO3/c1-10-3-4-12(16)14(7-10)20-9-15(19)17-6-5-11(2)13(17)8-18/h3-4,7,11,13,18H,5-6,8-9H2,1-2H3. The van der Waals surface area contributed by atoms with Gasteiger partial charge in [0.25, 0.3) is 5.91 Å². The number of likely N-dealkylation sites (tertiary alicyclic amines) is 1. The van der Waals surface area contributed by atoms with Crippen molar-refractivity contribution in [1.29, 1.82) is 0 Å². The van der Waals surface area contributed by atoms with Crippen molar-refractivity contribution in [2.75, 3.05) is 19.8 Å². The summed E-state index contributed by atoms with van der Waals surface area (Å²) in [5, 5.41) is 9.86. The Hall–Kier alpha value is -1.26. The van der Waals surface area contributed by atoms with Crippen LogP contribution in [0.4, 0.5) is 0 Å². The number of ether oxygens (including phenoxy) is 1. The van der Waals surface area contributed by atoms with Crippen molar-refractivity contribution in [2.45, 2.75) is 26.3 Å². The van der Waals surface area contributed by atoms with Gasteiger partial charge < -0.3 is 14.7 Å². The van der Waals surface area contributed by atoms with Gasteiger partial charge in [0.05, 0.1) is 17.7 Å². The highest BCUT2D eigenvalue weighted by Crippen LogP contribution is 2.26. The highest BCUT2D eigenvalue weighted by Gasteiger charge is 2.33. The first-order valence-corrected chi connectivity index (χ1v) is 7.20. The zero-order chi connectivity index (χ0) is 14.7. The summed E-state index contributed by atoms with van der Waals surface area (Å²) in [6, 6.07) is 5.36. The van der Waals surface area contributed by atoms with Crippen LogP contribution in [0.5, 0.6) is 5.75 Å². The van der Waals surface area contributed by atoms with Gasteiger partial charge in [-0.15, -0.1) is 0 Å². The number of halogens is 1. The van der Waals surface area contributed by atoms with Crippen LogP contribution < -0.4 is 4.74 Å². The van der Waals surface area contributed by atoms with Crippen molar-refractivity contribution < 1.29 is 14.6 Å². The molecule has 1 aliphatic heterocycles. The molecule has 1 aromatic carbocycles. The van der Waals surface area contributed by atoms with E-state index in [-0.39, 0.29) is 25.2 Å². The van der Waals surface area contributed by atoms with E-state index in [0.29, 0.717) is 23.2 Å². The Morgan fingerprint density at radius 1 is 1.55 bits per heavy atom. The zero-order valence-electron chi connectivity index (χ0n) is 11.8. The molecule has 1 N–H and O–H groups in total. The smallest absolute Gasteiger partial charge is 0.260 e. The third kappa shape index (κ3) is 3.25. The minimum atomic E-state index is -0.106. The van der Waals surface area contributed by atoms with Gasteiger partial charge in [0, 0.05) is 6.54 Å². The van der Waals surface area contributed by atoms with Gasteiger partial charge in [-0.2, -0.15) is 0 Å². The van der Waals surface area contributed by atoms with E-state index in [2.05, 4.69) is 0 Å². The summed E-state index contributed by atoms with van der Waals surface area (Å²) in [4.78, 5) is 13.9. The van der Waals surface area contributed by atoms with Crippen LogP contribution in [-0.2, 0) is 4.79 Å². The molecule has 0 radical (unpaired) electrons. The second kappa shape index (κ2) is 6.46. The highest BCUT2D eigenvalue weighted by molar-refractivity contribution is 6.32. The monoisotopic (exact) mass is 297 g/mol. The van der Waals surface area contributed by atoms with Crippen molar-refractivity contribution in [3.8, 4) is 5.75 Å². The number of aliphatic hydroxyl groups is 1. The SMILES string of the molecule is Cc1ccc(Cl)c(OCC(=O)N2CCC(C)C2CO)c1. The maximum Gasteiger partial charge on any atom is 0.260 e. The minimum absolute atomic E-state index is 0.00188. The Balaban J connectivity index is 1.97. The van der Waals surface area contributed by atoms with Crippen LogP contribution >= 0.6 is 11.6 Å². The van der Waals surface area contributed by atoms with Gasteiger partial charge in [0.2, 0.25) is 0 Å². The van der Waals surface area contributed by atoms with E-state index in [9.17, 15) is 9.90 Å². The molecule has 1 aliphatic rings. The van der Waals surface area contributed by atoms with Gasteiger partial charge in [-0.3, -0.25) is 4.79 Å². The number of hydrogen-bond acceptors (Lipinski definition) is 3. The van der Waals surface area contributed by atoms with Crippen LogP contribution in [0.25, 0.3) is 0 Å². The molecule has 0 bridgehead atoms. The quantitative estimate of drug-likeness (QED) is 0.927. The Morgan fingerprint density at radius 3 is 3.00 bits per heavy atom. The second-order valence-corrected chi connectivity index (χ2v) is 5.73. The molecule has 2 atom stereocenters. The molecular weight excluding hydrogens is 278 g/mol. The van der Waals surface area contributed by atoms with E-state index in [0.717, 1.165) is 12.0 Å². The minimum Gasteiger partial charge on any atom is -0.482 e. The van der Waals surface area contributed by atoms with Crippen molar-refractivity contribution in [3.05, 3.63) is 28.8 Å². The topological polar surface area (TPSA) is 49.8 Å². The van der Waals surface area contributed by atoms with E-state index >= 15 is 0 Å². The maximum absolute atomic E-state index is 12.2. The first-order valence-electron chi connectivity index (χ1n) is 6.82. The average Bonchev–Trinajstić information content (AvgIpc) is 2.80. The molecule has 0 aromatic heterocycles. The summed E-state index contributed by atoms with van der Waals surface area (Å²) in [7, 11) is 0. The molecule has 5 heteroatoms. The van der Waals surface area contributed by atoms with Crippen LogP contribution in [0.15, 0.2) is 18.2 Å². The van der Waals surface area contributed by atoms with E-state index in [4.69, 9.17) is 16.3 Å². The van der Waals surface area contributed by atoms with E-state index in [1.165, 1.54) is 0 Å². The predicted molar refractivity (Wildman–Crippen MR) is 78.1 cm³/mol. The van der Waals surface area contributed by atoms with Crippen LogP contribution in [0.1, 0.15) is 18.9 Å². The van der Waals surface area contributed by atoms with Gasteiger partial charge in [-0.25, -0.2) is 0 Å². The lowest BCUT2D eigenvalue weighted by Gasteiger charge is -2.25. The van der Waals surface area contributed by atoms with Crippen LogP contribution in [0, 0.1) is 12.8 Å². The van der Waals surface area contributed by atoms with Gasteiger partial charge >= 0.3 is 0 Å². The molecule has 0 saturated carbocycles. The van der Waals surface area contributed by atoms with Crippen LogP contribution in [-0.4, -0.2) is 41.7 Å². The molecule has 0 spiro atoms. The summed E-state index contributed by atoms with van der Waals surface area (Å²) < 4.78 is 5.52. The molecule has 1 saturated heterocycles. The molecule has 20 heavy (non-hydrogen) atoms. The van der Waals surface area contributed by atoms with E-state index in [1.807, 2.05) is 26.0 Å². The Bertz CT molecular complexity index is 492. The summed E-state index contributed by atoms with van der Waals surface area (Å²) in [5.41, 5.74) is 1.03. The zero-order valence-corrected chi connectivity index (χ0v) is 12.6. The van der Waals surface area contributed by atoms with Crippen molar-refractivity contribution in [2.24, 2.45) is 5.92 Å². The van der Waals surface area contributed by atoms with Crippen LogP contribution in [0.3, 0.4) is 0 Å². The summed E-state index contributed by atoms with van der Waals surface area (Å²) >= 11 is 6.03. The van der Waals surface area contributed by atoms with Crippen molar-refractivity contribution in [1.82, 2.24) is 4.90 Å². The number of aryl methyl sites for hydroxylation is 1. The fourth-order valence-corrected chi connectivity index (χ4v) is 2.71. The molecule has 1 heterocycles. The lowest BCUT2D eigenvalue weighted by atomic mass is 10.0. The average molecular weight is 298 g/mol. The van der Waals surface area contributed by atoms with Crippen molar-refractivity contribution >= 4 is 17.5 Å². The van der Waals surface area contributed by atoms with Gasteiger partial charge in [-0.05, 0) is 37.0 Å². The molecule has 1 fully saturated rings. The predicted octanol–water partition coefficient (Wildman–Crippen LogP) is 2.26. The number of benzene rings is 1. The molecule has 2 rings (SSSR count). The molecule has 110 valence electrons. The number of carbonyl (C=O) groups is 1. The third-order valence-corrected chi connectivity index (χ3v) is 4.14. The van der Waals surface area contributed by atoms with E-state index < -0.39 is 0 Å². The molecular formula is C15H20ClNO3. The summed E-state index contributed by atoms with van der Waals surface area (Å²) in [6.45, 7) is 4.61. The number of rotatable bonds is 4. The molecule has 1 amide bonds. The molecule has 2 unspecified atom stereocenters. The largest absolute Gasteiger partial charge is 0.482 e. The number of carbonyl (C=O) groups excluding carboxylic acids is 1. The lowest BCUT2D eigenvalue weighted by Crippen LogP contribution is -2.42. The maximum atomic E-state index is 12.2. The van der Waals surface area contributed by atoms with Gasteiger partial charge in [0.1, 0.15) is 5.75 Å². The first-order chi connectivity index (χ1) is 9.52. The fraction of sp³-hybridized carbons (Fsp3) is 0.533. The van der Waals surface area contributed by atoms with Gasteiger partial charge in [-0.1, -0.05) is 24.6 Å². The Kier molecular flexibility index (Phi) is 4.89. The first kappa shape index (κ1) is 15.1. The highest BCUT2D eigenvalue weighted by atomic mass is 35.5. The third-order valence-electron chi connectivity index (χ3n) is 3.83. The number of aliphatic hydroxyl groups excluding tert-OH is 1. The fourth-order valence-electron chi connectivity index (χ4n) is 2.54. The second-order valence-electron chi connectivity index (χ2n) is 5.33. The van der Waals surface area contributed by atoms with Crippen LogP contribution in [0.2, 0.25) is 5.02 Å². The van der Waals surface area contributed by atoms with E-state index in [1.54, 1.807) is 11.0 Å². The molecule has 0 aliphatic carbocycles. The molecule has 1 aromatic rings. The Morgan fingerprint density at radius 2 is 2.30 bits per heavy atom. The Labute approximate surface area is 124 Å². The number of nitrogens with zero attached hydrogens (tertiary/aromatic N) is 1. The number of hydrogen-bond donors (Lipinski definition) is 1. The summed E-state index contributed by atoms with van der Waals surface area (Å²) in [5.74, 6) is 0.741.